The molecule has 0 fully saturated rings. The maximum Gasteiger partial charge on any atom is 0.191 e. The molecule has 1 atom stereocenters. The second-order valence-corrected chi connectivity index (χ2v) is 4.78. The first-order valence-corrected chi connectivity index (χ1v) is 6.44. The van der Waals surface area contributed by atoms with E-state index < -0.39 is 0 Å². The third kappa shape index (κ3) is 3.29. The molecule has 0 spiro atoms. The van der Waals surface area contributed by atoms with Crippen molar-refractivity contribution in [2.75, 3.05) is 20.2 Å². The van der Waals surface area contributed by atoms with Crippen molar-refractivity contribution in [2.45, 2.75) is 19.4 Å². The molecule has 1 unspecified atom stereocenters. The van der Waals surface area contributed by atoms with Crippen LogP contribution in [0.2, 0.25) is 5.02 Å². The quantitative estimate of drug-likeness (QED) is 0.875. The van der Waals surface area contributed by atoms with Crippen molar-refractivity contribution in [3.8, 4) is 5.75 Å². The average Bonchev–Trinajstić information content (AvgIpc) is 2.77. The fourth-order valence-corrected chi connectivity index (χ4v) is 2.10. The number of halogens is 1. The minimum absolute atomic E-state index is 0.428. The first-order valence-electron chi connectivity index (χ1n) is 6.06. The van der Waals surface area contributed by atoms with Crippen molar-refractivity contribution in [3.05, 3.63) is 28.8 Å². The summed E-state index contributed by atoms with van der Waals surface area (Å²) in [4.78, 5) is 4.34. The Kier molecular flexibility index (Phi) is 4.31. The van der Waals surface area contributed by atoms with Crippen LogP contribution in [-0.2, 0) is 6.42 Å². The maximum absolute atomic E-state index is 6.17. The van der Waals surface area contributed by atoms with Gasteiger partial charge in [0.2, 0.25) is 0 Å². The maximum atomic E-state index is 6.17. The van der Waals surface area contributed by atoms with Gasteiger partial charge in [-0.3, -0.25) is 4.99 Å². The van der Waals surface area contributed by atoms with Gasteiger partial charge in [-0.2, -0.15) is 0 Å². The van der Waals surface area contributed by atoms with Gasteiger partial charge in [-0.1, -0.05) is 17.7 Å². The molecular weight excluding hydrogens is 250 g/mol. The van der Waals surface area contributed by atoms with E-state index in [1.54, 1.807) is 7.11 Å². The minimum atomic E-state index is 0.428. The second-order valence-electron chi connectivity index (χ2n) is 4.37. The average molecular weight is 268 g/mol. The van der Waals surface area contributed by atoms with E-state index in [9.17, 15) is 0 Å². The van der Waals surface area contributed by atoms with Crippen molar-refractivity contribution in [1.29, 1.82) is 0 Å². The molecule has 0 radical (unpaired) electrons. The van der Waals surface area contributed by atoms with Gasteiger partial charge in [0, 0.05) is 17.6 Å². The fourth-order valence-electron chi connectivity index (χ4n) is 1.83. The second kappa shape index (κ2) is 5.96. The summed E-state index contributed by atoms with van der Waals surface area (Å²) >= 11 is 6.17. The lowest BCUT2D eigenvalue weighted by Gasteiger charge is -2.10. The van der Waals surface area contributed by atoms with E-state index in [0.29, 0.717) is 6.04 Å². The monoisotopic (exact) mass is 267 g/mol. The fraction of sp³-hybridized carbons (Fsp3) is 0.462. The molecule has 4 nitrogen and oxygen atoms in total. The van der Waals surface area contributed by atoms with Gasteiger partial charge in [0.15, 0.2) is 5.96 Å². The standard InChI is InChI=1S/C13H18ClN3O/c1-9-8-16-13(17-9)15-6-5-10-3-4-11(18-2)7-12(10)14/h3-4,7,9H,5-6,8H2,1-2H3,(H2,15,16,17). The van der Waals surface area contributed by atoms with E-state index in [-0.39, 0.29) is 0 Å². The van der Waals surface area contributed by atoms with Crippen LogP contribution in [0.5, 0.6) is 5.75 Å². The van der Waals surface area contributed by atoms with Gasteiger partial charge in [-0.25, -0.2) is 0 Å². The summed E-state index contributed by atoms with van der Waals surface area (Å²) < 4.78 is 5.12. The highest BCUT2D eigenvalue weighted by atomic mass is 35.5. The van der Waals surface area contributed by atoms with E-state index in [1.807, 2.05) is 18.2 Å². The van der Waals surface area contributed by atoms with Crippen molar-refractivity contribution < 1.29 is 4.74 Å². The summed E-state index contributed by atoms with van der Waals surface area (Å²) in [6.45, 7) is 3.76. The molecule has 0 aromatic heterocycles. The Morgan fingerprint density at radius 1 is 1.56 bits per heavy atom. The third-order valence-electron chi connectivity index (χ3n) is 2.85. The molecule has 1 aliphatic heterocycles. The Balaban J connectivity index is 1.83. The Morgan fingerprint density at radius 2 is 2.39 bits per heavy atom. The van der Waals surface area contributed by atoms with Crippen molar-refractivity contribution in [3.63, 3.8) is 0 Å². The van der Waals surface area contributed by atoms with Crippen LogP contribution in [-0.4, -0.2) is 32.2 Å². The number of benzene rings is 1. The Bertz CT molecular complexity index is 448. The first kappa shape index (κ1) is 13.0. The molecule has 98 valence electrons. The number of hydrogen-bond acceptors (Lipinski definition) is 4. The molecule has 1 heterocycles. The van der Waals surface area contributed by atoms with E-state index >= 15 is 0 Å². The summed E-state index contributed by atoms with van der Waals surface area (Å²) in [6.07, 6.45) is 0.859. The summed E-state index contributed by atoms with van der Waals surface area (Å²) in [5.74, 6) is 1.67. The van der Waals surface area contributed by atoms with Gasteiger partial charge in [0.1, 0.15) is 5.75 Å². The Hall–Kier alpha value is -1.42. The third-order valence-corrected chi connectivity index (χ3v) is 3.21. The van der Waals surface area contributed by atoms with Gasteiger partial charge in [0.25, 0.3) is 0 Å². The van der Waals surface area contributed by atoms with E-state index in [1.165, 1.54) is 0 Å². The predicted molar refractivity (Wildman–Crippen MR) is 74.6 cm³/mol. The SMILES string of the molecule is COc1ccc(CCNC2=NCC(C)N2)c(Cl)c1. The van der Waals surface area contributed by atoms with Crippen LogP contribution in [0.15, 0.2) is 23.2 Å². The summed E-state index contributed by atoms with van der Waals surface area (Å²) in [7, 11) is 1.64. The summed E-state index contributed by atoms with van der Waals surface area (Å²) in [5.41, 5.74) is 1.11. The molecule has 2 rings (SSSR count). The van der Waals surface area contributed by atoms with Crippen molar-refractivity contribution >= 4 is 17.6 Å². The molecule has 1 aliphatic rings. The zero-order chi connectivity index (χ0) is 13.0. The molecule has 1 aromatic rings. The van der Waals surface area contributed by atoms with Crippen LogP contribution in [0.1, 0.15) is 12.5 Å². The predicted octanol–water partition coefficient (Wildman–Crippen LogP) is 1.83. The molecule has 18 heavy (non-hydrogen) atoms. The highest BCUT2D eigenvalue weighted by molar-refractivity contribution is 6.31. The molecule has 1 aromatic carbocycles. The van der Waals surface area contributed by atoms with Crippen molar-refractivity contribution in [1.82, 2.24) is 10.6 Å². The summed E-state index contributed by atoms with van der Waals surface area (Å²) in [6, 6.07) is 6.19. The van der Waals surface area contributed by atoms with Crippen LogP contribution in [0.4, 0.5) is 0 Å². The number of aliphatic imine (C=N–C) groups is 1. The number of guanidine groups is 1. The lowest BCUT2D eigenvalue weighted by atomic mass is 10.1. The zero-order valence-corrected chi connectivity index (χ0v) is 11.4. The highest BCUT2D eigenvalue weighted by Gasteiger charge is 2.11. The van der Waals surface area contributed by atoms with Gasteiger partial charge in [-0.15, -0.1) is 0 Å². The smallest absolute Gasteiger partial charge is 0.191 e. The van der Waals surface area contributed by atoms with Crippen LogP contribution < -0.4 is 15.4 Å². The Labute approximate surface area is 112 Å². The first-order chi connectivity index (χ1) is 8.69. The number of methoxy groups -OCH3 is 1. The van der Waals surface area contributed by atoms with Crippen LogP contribution in [0, 0.1) is 0 Å². The molecule has 0 saturated carbocycles. The normalized spacial score (nSPS) is 18.2. The van der Waals surface area contributed by atoms with Crippen LogP contribution in [0.25, 0.3) is 0 Å². The molecule has 0 bridgehead atoms. The molecule has 2 N–H and O–H groups in total. The van der Waals surface area contributed by atoms with E-state index in [2.05, 4.69) is 22.5 Å². The number of nitrogens with one attached hydrogen (secondary N) is 2. The highest BCUT2D eigenvalue weighted by Crippen LogP contribution is 2.22. The molecule has 0 saturated heterocycles. The van der Waals surface area contributed by atoms with Crippen LogP contribution >= 0.6 is 11.6 Å². The molecule has 5 heteroatoms. The molecular formula is C13H18ClN3O. The Morgan fingerprint density at radius 3 is 3.00 bits per heavy atom. The lowest BCUT2D eigenvalue weighted by molar-refractivity contribution is 0.414. The van der Waals surface area contributed by atoms with E-state index in [4.69, 9.17) is 16.3 Å². The zero-order valence-electron chi connectivity index (χ0n) is 10.7. The van der Waals surface area contributed by atoms with Gasteiger partial charge >= 0.3 is 0 Å². The van der Waals surface area contributed by atoms with Gasteiger partial charge in [-0.05, 0) is 31.0 Å². The summed E-state index contributed by atoms with van der Waals surface area (Å²) in [5, 5.41) is 7.27. The van der Waals surface area contributed by atoms with Crippen LogP contribution in [0.3, 0.4) is 0 Å². The number of hydrogen-bond donors (Lipinski definition) is 2. The molecule has 0 amide bonds. The topological polar surface area (TPSA) is 45.6 Å². The van der Waals surface area contributed by atoms with Gasteiger partial charge < -0.3 is 15.4 Å². The number of nitrogens with zero attached hydrogens (tertiary/aromatic N) is 1. The lowest BCUT2D eigenvalue weighted by Crippen LogP contribution is -2.38. The number of rotatable bonds is 4. The van der Waals surface area contributed by atoms with Crippen molar-refractivity contribution in [2.24, 2.45) is 4.99 Å². The van der Waals surface area contributed by atoms with E-state index in [0.717, 1.165) is 41.8 Å². The van der Waals surface area contributed by atoms with Gasteiger partial charge in [0.05, 0.1) is 13.7 Å². The number of ether oxygens (including phenoxy) is 1. The molecule has 0 aliphatic carbocycles. The largest absolute Gasteiger partial charge is 0.497 e. The minimum Gasteiger partial charge on any atom is -0.497 e.